The number of rotatable bonds is 12. The molecule has 3 atom stereocenters. The summed E-state index contributed by atoms with van der Waals surface area (Å²) in [5.74, 6) is -0.726. The largest absolute Gasteiger partial charge is 0.493 e. The van der Waals surface area contributed by atoms with E-state index in [1.807, 2.05) is 35.2 Å². The Bertz CT molecular complexity index is 1030. The van der Waals surface area contributed by atoms with Gasteiger partial charge in [0.05, 0.1) is 19.1 Å². The summed E-state index contributed by atoms with van der Waals surface area (Å²) in [6.07, 6.45) is 5.80. The van der Waals surface area contributed by atoms with Gasteiger partial charge in [-0.15, -0.1) is 0 Å². The summed E-state index contributed by atoms with van der Waals surface area (Å²) < 4.78 is 5.66. The van der Waals surface area contributed by atoms with Crippen LogP contribution in [0.15, 0.2) is 42.6 Å². The van der Waals surface area contributed by atoms with Crippen LogP contribution in [0.5, 0.6) is 5.75 Å². The molecule has 36 heavy (non-hydrogen) atoms. The van der Waals surface area contributed by atoms with Gasteiger partial charge in [-0.2, -0.15) is 0 Å². The molecule has 1 amide bonds. The van der Waals surface area contributed by atoms with E-state index in [1.165, 1.54) is 0 Å². The van der Waals surface area contributed by atoms with E-state index >= 15 is 0 Å². The second kappa shape index (κ2) is 12.3. The van der Waals surface area contributed by atoms with E-state index in [-0.39, 0.29) is 24.4 Å². The molecule has 2 aliphatic rings. The number of ether oxygens (including phenoxy) is 1. The molecule has 0 spiro atoms. The summed E-state index contributed by atoms with van der Waals surface area (Å²) in [6, 6.07) is 11.6. The highest BCUT2D eigenvalue weighted by molar-refractivity contribution is 5.79. The van der Waals surface area contributed by atoms with Gasteiger partial charge in [0.25, 0.3) is 0 Å². The van der Waals surface area contributed by atoms with Gasteiger partial charge in [-0.3, -0.25) is 19.5 Å². The normalized spacial score (nSPS) is 21.2. The van der Waals surface area contributed by atoms with E-state index in [1.54, 1.807) is 6.20 Å². The summed E-state index contributed by atoms with van der Waals surface area (Å²) in [6.45, 7) is 5.09. The van der Waals surface area contributed by atoms with Crippen molar-refractivity contribution < 1.29 is 19.4 Å². The molecule has 3 heterocycles. The average Bonchev–Trinajstić information content (AvgIpc) is 3.50. The predicted octanol–water partition coefficient (Wildman–Crippen LogP) is 2.71. The van der Waals surface area contributed by atoms with E-state index in [0.717, 1.165) is 41.8 Å². The van der Waals surface area contributed by atoms with Crippen molar-refractivity contribution in [1.29, 1.82) is 0 Å². The fraction of sp³-hybridized carbons (Fsp3) is 0.536. The number of carboxylic acids is 1. The van der Waals surface area contributed by atoms with E-state index in [0.29, 0.717) is 45.6 Å². The molecule has 0 aliphatic carbocycles. The van der Waals surface area contributed by atoms with Crippen LogP contribution in [0.4, 0.5) is 0 Å². The quantitative estimate of drug-likeness (QED) is 0.467. The Kier molecular flexibility index (Phi) is 8.93. The first-order valence-electron chi connectivity index (χ1n) is 13.1. The third-order valence-electron chi connectivity index (χ3n) is 7.47. The fourth-order valence-electron chi connectivity index (χ4n) is 5.61. The van der Waals surface area contributed by atoms with Gasteiger partial charge in [-0.1, -0.05) is 31.5 Å². The third-order valence-corrected chi connectivity index (χ3v) is 7.47. The van der Waals surface area contributed by atoms with Gasteiger partial charge < -0.3 is 20.5 Å². The lowest BCUT2D eigenvalue weighted by Crippen LogP contribution is -2.45. The van der Waals surface area contributed by atoms with Crippen LogP contribution >= 0.6 is 0 Å². The van der Waals surface area contributed by atoms with Crippen molar-refractivity contribution >= 4 is 11.9 Å². The molecule has 1 fully saturated rings. The number of carbonyl (C=O) groups is 2. The Hall–Kier alpha value is -2.97. The van der Waals surface area contributed by atoms with Crippen molar-refractivity contribution in [1.82, 2.24) is 14.8 Å². The highest BCUT2D eigenvalue weighted by atomic mass is 16.5. The highest BCUT2D eigenvalue weighted by Gasteiger charge is 2.47. The van der Waals surface area contributed by atoms with Crippen LogP contribution in [0.3, 0.4) is 0 Å². The lowest BCUT2D eigenvalue weighted by atomic mass is 9.83. The molecule has 3 N–H and O–H groups in total. The van der Waals surface area contributed by atoms with Gasteiger partial charge in [0, 0.05) is 56.5 Å². The maximum atomic E-state index is 13.3. The zero-order valence-corrected chi connectivity index (χ0v) is 21.1. The minimum atomic E-state index is -0.817. The van der Waals surface area contributed by atoms with Crippen molar-refractivity contribution in [2.24, 2.45) is 11.7 Å². The van der Waals surface area contributed by atoms with Crippen LogP contribution in [-0.2, 0) is 22.4 Å². The summed E-state index contributed by atoms with van der Waals surface area (Å²) in [5.41, 5.74) is 8.86. The van der Waals surface area contributed by atoms with E-state index in [9.17, 15) is 14.7 Å². The summed E-state index contributed by atoms with van der Waals surface area (Å²) >= 11 is 0. The number of unbranched alkanes of at least 4 members (excludes halogenated alkanes) is 1. The molecule has 2 aliphatic heterocycles. The van der Waals surface area contributed by atoms with Gasteiger partial charge in [0.1, 0.15) is 5.75 Å². The molecule has 0 radical (unpaired) electrons. The monoisotopic (exact) mass is 494 g/mol. The van der Waals surface area contributed by atoms with Crippen LogP contribution in [0, 0.1) is 5.92 Å². The summed E-state index contributed by atoms with van der Waals surface area (Å²) in [5, 5.41) is 10.4. The van der Waals surface area contributed by atoms with Crippen molar-refractivity contribution in [2.75, 3.05) is 39.3 Å². The lowest BCUT2D eigenvalue weighted by Gasteiger charge is -2.29. The Balaban J connectivity index is 1.59. The predicted molar refractivity (Wildman–Crippen MR) is 138 cm³/mol. The Morgan fingerprint density at radius 3 is 2.83 bits per heavy atom. The molecule has 2 aromatic rings. The molecule has 1 unspecified atom stereocenters. The number of aryl methyl sites for hydroxylation is 1. The molecular weight excluding hydrogens is 456 g/mol. The van der Waals surface area contributed by atoms with Gasteiger partial charge in [-0.05, 0) is 48.6 Å². The maximum Gasteiger partial charge on any atom is 0.308 e. The van der Waals surface area contributed by atoms with Gasteiger partial charge in [0.2, 0.25) is 5.91 Å². The number of aromatic nitrogens is 1. The fourth-order valence-corrected chi connectivity index (χ4v) is 5.61. The number of likely N-dealkylation sites (tertiary alicyclic amines) is 1. The van der Waals surface area contributed by atoms with Gasteiger partial charge in [0.15, 0.2) is 0 Å². The number of hydrogen-bond acceptors (Lipinski definition) is 6. The maximum absolute atomic E-state index is 13.3. The van der Waals surface area contributed by atoms with E-state index in [4.69, 9.17) is 10.5 Å². The number of fused-ring (bicyclic) bond motifs is 1. The molecular formula is C28H38N4O4. The number of benzene rings is 1. The van der Waals surface area contributed by atoms with E-state index in [2.05, 4.69) is 22.9 Å². The summed E-state index contributed by atoms with van der Waals surface area (Å²) in [7, 11) is 0. The molecule has 4 rings (SSSR count). The average molecular weight is 495 g/mol. The second-order valence-electron chi connectivity index (χ2n) is 9.82. The minimum Gasteiger partial charge on any atom is -0.493 e. The minimum absolute atomic E-state index is 0.0175. The molecule has 1 aromatic carbocycles. The van der Waals surface area contributed by atoms with Crippen molar-refractivity contribution in [3.05, 3.63) is 59.4 Å². The van der Waals surface area contributed by atoms with Gasteiger partial charge in [-0.25, -0.2) is 0 Å². The molecule has 1 saturated heterocycles. The molecule has 194 valence electrons. The molecule has 8 nitrogen and oxygen atoms in total. The molecule has 0 bridgehead atoms. The third kappa shape index (κ3) is 6.05. The van der Waals surface area contributed by atoms with Crippen molar-refractivity contribution in [3.8, 4) is 5.75 Å². The smallest absolute Gasteiger partial charge is 0.308 e. The first-order valence-corrected chi connectivity index (χ1v) is 13.1. The number of hydrogen-bond donors (Lipinski definition) is 2. The Morgan fingerprint density at radius 1 is 1.25 bits per heavy atom. The molecule has 0 saturated carbocycles. The molecule has 8 heteroatoms. The number of carbonyl (C=O) groups excluding carboxylic acids is 1. The highest BCUT2D eigenvalue weighted by Crippen LogP contribution is 2.41. The number of carboxylic acid groups (broad SMARTS) is 1. The number of pyridine rings is 1. The summed E-state index contributed by atoms with van der Waals surface area (Å²) in [4.78, 5) is 34.4. The molecule has 1 aromatic heterocycles. The number of aliphatic carboxylic acids is 1. The van der Waals surface area contributed by atoms with Crippen molar-refractivity contribution in [2.45, 2.75) is 51.0 Å². The van der Waals surface area contributed by atoms with Crippen LogP contribution in [0.25, 0.3) is 0 Å². The Morgan fingerprint density at radius 2 is 2.11 bits per heavy atom. The van der Waals surface area contributed by atoms with Crippen molar-refractivity contribution in [3.63, 3.8) is 0 Å². The van der Waals surface area contributed by atoms with E-state index < -0.39 is 11.9 Å². The number of nitrogens with zero attached hydrogens (tertiary/aromatic N) is 3. The first-order chi connectivity index (χ1) is 17.5. The number of amides is 1. The standard InChI is InChI=1S/C28H38N4O4/c1-2-3-14-31(15-12-29)26(33)19-32-18-23(20-7-10-25-21(17-20)11-16-36-25)27(28(34)35)24(32)9-8-22-6-4-5-13-30-22/h4-7,10,13,17,23-24,27H,2-3,8-9,11-12,14-16,18-19,29H2,1H3,(H,34,35)/t23-,24+,27?/m1/s1. The van der Waals surface area contributed by atoms with Crippen LogP contribution in [0.2, 0.25) is 0 Å². The SMILES string of the molecule is CCCCN(CCN)C(=O)CN1C[C@H](c2ccc3c(c2)CCO3)C(C(=O)O)[C@@H]1CCc1ccccn1. The number of nitrogens with two attached hydrogens (primary N) is 1. The zero-order valence-electron chi connectivity index (χ0n) is 21.1. The van der Waals surface area contributed by atoms with Crippen LogP contribution in [-0.4, -0.2) is 77.1 Å². The Labute approximate surface area is 213 Å². The topological polar surface area (TPSA) is 109 Å². The zero-order chi connectivity index (χ0) is 25.5. The van der Waals surface area contributed by atoms with Crippen LogP contribution < -0.4 is 10.5 Å². The van der Waals surface area contributed by atoms with Crippen LogP contribution in [0.1, 0.15) is 48.9 Å². The lowest BCUT2D eigenvalue weighted by molar-refractivity contribution is -0.143. The van der Waals surface area contributed by atoms with Gasteiger partial charge >= 0.3 is 5.97 Å². The second-order valence-corrected chi connectivity index (χ2v) is 9.82. The first kappa shape index (κ1) is 26.1.